The molecule has 0 aliphatic carbocycles. The highest BCUT2D eigenvalue weighted by Crippen LogP contribution is 2.29. The van der Waals surface area contributed by atoms with Gasteiger partial charge in [0.2, 0.25) is 0 Å². The van der Waals surface area contributed by atoms with E-state index in [0.717, 1.165) is 16.3 Å². The Morgan fingerprint density at radius 2 is 1.61 bits per heavy atom. The van der Waals surface area contributed by atoms with Crippen LogP contribution in [0, 0.1) is 10.1 Å². The van der Waals surface area contributed by atoms with Crippen LogP contribution in [0.25, 0.3) is 10.8 Å². The molecule has 9 heteroatoms. The van der Waals surface area contributed by atoms with Crippen LogP contribution in [-0.2, 0) is 6.61 Å². The Balaban J connectivity index is 1.42. The minimum atomic E-state index is -0.450. The average molecular weight is 485 g/mol. The van der Waals surface area contributed by atoms with Crippen molar-refractivity contribution in [2.45, 2.75) is 6.61 Å². The molecule has 182 valence electrons. The van der Waals surface area contributed by atoms with E-state index in [1.54, 1.807) is 36.4 Å². The Bertz CT molecular complexity index is 1430. The van der Waals surface area contributed by atoms with E-state index >= 15 is 0 Å². The third kappa shape index (κ3) is 5.58. The van der Waals surface area contributed by atoms with Gasteiger partial charge in [0.25, 0.3) is 11.6 Å². The third-order valence-electron chi connectivity index (χ3n) is 5.42. The highest BCUT2D eigenvalue weighted by Gasteiger charge is 2.13. The molecule has 0 aliphatic rings. The number of nitrogens with zero attached hydrogens (tertiary/aromatic N) is 2. The lowest BCUT2D eigenvalue weighted by Gasteiger charge is -2.11. The fraction of sp³-hybridized carbons (Fsp3) is 0.111. The van der Waals surface area contributed by atoms with Gasteiger partial charge >= 0.3 is 0 Å². The van der Waals surface area contributed by atoms with Crippen LogP contribution in [0.15, 0.2) is 84.0 Å². The fourth-order valence-corrected chi connectivity index (χ4v) is 3.55. The number of fused-ring (bicyclic) bond motifs is 1. The maximum Gasteiger partial charge on any atom is 0.275 e. The molecule has 4 rings (SSSR count). The Hall–Kier alpha value is -4.92. The molecule has 0 saturated heterocycles. The topological polar surface area (TPSA) is 112 Å². The zero-order chi connectivity index (χ0) is 25.5. The van der Waals surface area contributed by atoms with Crippen molar-refractivity contribution in [2.24, 2.45) is 5.10 Å². The third-order valence-corrected chi connectivity index (χ3v) is 5.42. The lowest BCUT2D eigenvalue weighted by atomic mass is 10.1. The fourth-order valence-electron chi connectivity index (χ4n) is 3.55. The SMILES string of the molecule is COc1cc(C=NNC(=O)c2cc3ccccc3cc2OC)ccc1OCc1ccc([N+](=O)[O-])cc1. The van der Waals surface area contributed by atoms with E-state index < -0.39 is 10.8 Å². The van der Waals surface area contributed by atoms with Gasteiger partial charge in [-0.15, -0.1) is 0 Å². The molecule has 0 fully saturated rings. The van der Waals surface area contributed by atoms with Crippen LogP contribution in [0.3, 0.4) is 0 Å². The smallest absolute Gasteiger partial charge is 0.275 e. The summed E-state index contributed by atoms with van der Waals surface area (Å²) < 4.78 is 16.6. The number of carbonyl (C=O) groups excluding carboxylic acids is 1. The number of benzene rings is 4. The summed E-state index contributed by atoms with van der Waals surface area (Å²) in [4.78, 5) is 23.1. The van der Waals surface area contributed by atoms with Crippen molar-refractivity contribution < 1.29 is 23.9 Å². The molecule has 0 atom stereocenters. The molecule has 9 nitrogen and oxygen atoms in total. The van der Waals surface area contributed by atoms with Gasteiger partial charge in [-0.3, -0.25) is 14.9 Å². The normalized spacial score (nSPS) is 10.8. The van der Waals surface area contributed by atoms with Gasteiger partial charge in [0.05, 0.1) is 30.9 Å². The molecule has 1 amide bonds. The molecule has 0 aliphatic heterocycles. The van der Waals surface area contributed by atoms with Gasteiger partial charge < -0.3 is 14.2 Å². The summed E-state index contributed by atoms with van der Waals surface area (Å²) in [6.45, 7) is 0.214. The second-order valence-corrected chi connectivity index (χ2v) is 7.72. The maximum absolute atomic E-state index is 12.7. The van der Waals surface area contributed by atoms with Gasteiger partial charge in [0, 0.05) is 12.1 Å². The first-order valence-corrected chi connectivity index (χ1v) is 10.9. The highest BCUT2D eigenvalue weighted by atomic mass is 16.6. The monoisotopic (exact) mass is 485 g/mol. The zero-order valence-electron chi connectivity index (χ0n) is 19.6. The van der Waals surface area contributed by atoms with E-state index in [9.17, 15) is 14.9 Å². The minimum absolute atomic E-state index is 0.0196. The summed E-state index contributed by atoms with van der Waals surface area (Å²) in [7, 11) is 3.03. The molecule has 4 aromatic carbocycles. The number of methoxy groups -OCH3 is 2. The van der Waals surface area contributed by atoms with Crippen molar-refractivity contribution in [2.75, 3.05) is 14.2 Å². The predicted molar refractivity (Wildman–Crippen MR) is 136 cm³/mol. The zero-order valence-corrected chi connectivity index (χ0v) is 19.6. The summed E-state index contributed by atoms with van der Waals surface area (Å²) in [6, 6.07) is 22.6. The number of amides is 1. The summed E-state index contributed by atoms with van der Waals surface area (Å²) >= 11 is 0. The van der Waals surface area contributed by atoms with Crippen LogP contribution in [0.2, 0.25) is 0 Å². The van der Waals surface area contributed by atoms with Crippen LogP contribution < -0.4 is 19.6 Å². The molecule has 0 heterocycles. The van der Waals surface area contributed by atoms with Crippen LogP contribution >= 0.6 is 0 Å². The number of nitro benzene ring substituents is 1. The molecule has 4 aromatic rings. The van der Waals surface area contributed by atoms with Gasteiger partial charge in [-0.05, 0) is 64.4 Å². The average Bonchev–Trinajstić information content (AvgIpc) is 2.91. The van der Waals surface area contributed by atoms with Gasteiger partial charge in [0.15, 0.2) is 11.5 Å². The molecular formula is C27H23N3O6. The Kier molecular flexibility index (Phi) is 7.40. The van der Waals surface area contributed by atoms with Crippen molar-refractivity contribution in [3.63, 3.8) is 0 Å². The van der Waals surface area contributed by atoms with E-state index in [1.165, 1.54) is 32.6 Å². The Morgan fingerprint density at radius 1 is 0.917 bits per heavy atom. The molecule has 1 N–H and O–H groups in total. The number of non-ortho nitro benzene ring substituents is 1. The quantitative estimate of drug-likeness (QED) is 0.200. The molecule has 0 bridgehead atoms. The van der Waals surface area contributed by atoms with Crippen molar-refractivity contribution in [1.29, 1.82) is 0 Å². The molecule has 0 aromatic heterocycles. The number of ether oxygens (including phenoxy) is 3. The van der Waals surface area contributed by atoms with E-state index in [4.69, 9.17) is 14.2 Å². The van der Waals surface area contributed by atoms with E-state index in [2.05, 4.69) is 10.5 Å². The first kappa shape index (κ1) is 24.2. The number of hydrazone groups is 1. The Morgan fingerprint density at radius 3 is 2.28 bits per heavy atom. The van der Waals surface area contributed by atoms with Crippen molar-refractivity contribution in [1.82, 2.24) is 5.43 Å². The van der Waals surface area contributed by atoms with E-state index in [0.29, 0.717) is 28.4 Å². The molecule has 0 saturated carbocycles. The van der Waals surface area contributed by atoms with Gasteiger partial charge in [-0.2, -0.15) is 5.10 Å². The number of nitro groups is 1. The van der Waals surface area contributed by atoms with Crippen molar-refractivity contribution >= 4 is 28.6 Å². The second kappa shape index (κ2) is 11.0. The summed E-state index contributed by atoms with van der Waals surface area (Å²) in [6.07, 6.45) is 1.49. The van der Waals surface area contributed by atoms with Gasteiger partial charge in [-0.1, -0.05) is 24.3 Å². The van der Waals surface area contributed by atoms with Crippen molar-refractivity contribution in [3.05, 3.63) is 106 Å². The standard InChI is InChI=1S/C27H23N3O6/c1-34-25-15-21-6-4-3-5-20(21)14-23(25)27(31)29-28-16-19-9-12-24(26(13-19)35-2)36-17-18-7-10-22(11-8-18)30(32)33/h3-16H,17H2,1-2H3,(H,29,31). The number of hydrogen-bond donors (Lipinski definition) is 1. The largest absolute Gasteiger partial charge is 0.496 e. The molecule has 0 radical (unpaired) electrons. The Labute approximate surface area is 207 Å². The van der Waals surface area contributed by atoms with Crippen LogP contribution in [0.4, 0.5) is 5.69 Å². The molecule has 36 heavy (non-hydrogen) atoms. The van der Waals surface area contributed by atoms with E-state index in [1.807, 2.05) is 30.3 Å². The second-order valence-electron chi connectivity index (χ2n) is 7.72. The summed E-state index contributed by atoms with van der Waals surface area (Å²) in [5, 5.41) is 16.7. The van der Waals surface area contributed by atoms with Crippen molar-refractivity contribution in [3.8, 4) is 17.2 Å². The molecular weight excluding hydrogens is 462 g/mol. The van der Waals surface area contributed by atoms with Gasteiger partial charge in [-0.25, -0.2) is 5.43 Å². The van der Waals surface area contributed by atoms with Crippen LogP contribution in [-0.4, -0.2) is 31.3 Å². The van der Waals surface area contributed by atoms with Crippen LogP contribution in [0.5, 0.6) is 17.2 Å². The first-order chi connectivity index (χ1) is 17.5. The molecule has 0 unspecified atom stereocenters. The minimum Gasteiger partial charge on any atom is -0.496 e. The molecule has 0 spiro atoms. The summed E-state index contributed by atoms with van der Waals surface area (Å²) in [5.74, 6) is 1.03. The van der Waals surface area contributed by atoms with Gasteiger partial charge in [0.1, 0.15) is 12.4 Å². The van der Waals surface area contributed by atoms with E-state index in [-0.39, 0.29) is 12.3 Å². The highest BCUT2D eigenvalue weighted by molar-refractivity contribution is 6.02. The number of carbonyl (C=O) groups is 1. The maximum atomic E-state index is 12.7. The number of nitrogens with one attached hydrogen (secondary N) is 1. The first-order valence-electron chi connectivity index (χ1n) is 10.9. The number of hydrogen-bond acceptors (Lipinski definition) is 7. The number of rotatable bonds is 9. The van der Waals surface area contributed by atoms with Crippen LogP contribution in [0.1, 0.15) is 21.5 Å². The summed E-state index contributed by atoms with van der Waals surface area (Å²) in [5.41, 5.74) is 4.38. The lowest BCUT2D eigenvalue weighted by Crippen LogP contribution is -2.18. The lowest BCUT2D eigenvalue weighted by molar-refractivity contribution is -0.384. The predicted octanol–water partition coefficient (Wildman–Crippen LogP) is 5.11.